The third-order valence-corrected chi connectivity index (χ3v) is 4.20. The summed E-state index contributed by atoms with van der Waals surface area (Å²) < 4.78 is 5.25. The first-order chi connectivity index (χ1) is 12.6. The second-order valence-electron chi connectivity index (χ2n) is 7.50. The molecule has 0 radical (unpaired) electrons. The molecule has 1 N–H and O–H groups in total. The largest absolute Gasteiger partial charge is 0.449 e. The molecule has 0 aromatic heterocycles. The highest BCUT2D eigenvalue weighted by molar-refractivity contribution is 5.98. The van der Waals surface area contributed by atoms with Gasteiger partial charge < -0.3 is 10.1 Å². The van der Waals surface area contributed by atoms with E-state index in [1.807, 2.05) is 12.1 Å². The quantitative estimate of drug-likeness (QED) is 0.629. The Morgan fingerprint density at radius 2 is 1.41 bits per heavy atom. The molecule has 0 aliphatic heterocycles. The molecule has 1 amide bonds. The fraction of sp³-hybridized carbons (Fsp3) is 0.318. The summed E-state index contributed by atoms with van der Waals surface area (Å²) in [6.07, 6.45) is -0.952. The molecule has 1 atom stereocenters. The number of rotatable bonds is 5. The van der Waals surface area contributed by atoms with Crippen molar-refractivity contribution >= 4 is 23.3 Å². The molecule has 27 heavy (non-hydrogen) atoms. The van der Waals surface area contributed by atoms with Crippen molar-refractivity contribution in [1.82, 2.24) is 0 Å². The van der Waals surface area contributed by atoms with E-state index in [0.29, 0.717) is 16.8 Å². The van der Waals surface area contributed by atoms with Gasteiger partial charge in [-0.05, 0) is 61.2 Å². The second kappa shape index (κ2) is 8.16. The second-order valence-corrected chi connectivity index (χ2v) is 7.50. The molecule has 0 aliphatic carbocycles. The Morgan fingerprint density at radius 3 is 1.89 bits per heavy atom. The summed E-state index contributed by atoms with van der Waals surface area (Å²) in [7, 11) is 0. The maximum atomic E-state index is 12.3. The van der Waals surface area contributed by atoms with Crippen molar-refractivity contribution in [3.63, 3.8) is 0 Å². The summed E-state index contributed by atoms with van der Waals surface area (Å²) >= 11 is 0. The smallest absolute Gasteiger partial charge is 0.338 e. The maximum Gasteiger partial charge on any atom is 0.338 e. The first-order valence-corrected chi connectivity index (χ1v) is 8.81. The first kappa shape index (κ1) is 20.4. The number of carbonyl (C=O) groups is 3. The Hall–Kier alpha value is -2.95. The lowest BCUT2D eigenvalue weighted by Gasteiger charge is -2.19. The lowest BCUT2D eigenvalue weighted by atomic mass is 9.87. The van der Waals surface area contributed by atoms with Crippen LogP contribution < -0.4 is 5.32 Å². The van der Waals surface area contributed by atoms with Crippen molar-refractivity contribution in [3.8, 4) is 0 Å². The average molecular weight is 367 g/mol. The molecule has 0 aliphatic rings. The minimum absolute atomic E-state index is 0.00640. The van der Waals surface area contributed by atoms with Gasteiger partial charge in [0.1, 0.15) is 0 Å². The summed E-state index contributed by atoms with van der Waals surface area (Å²) in [4.78, 5) is 35.8. The van der Waals surface area contributed by atoms with Crippen molar-refractivity contribution < 1.29 is 19.1 Å². The molecule has 0 spiro atoms. The van der Waals surface area contributed by atoms with Crippen molar-refractivity contribution in [3.05, 3.63) is 65.2 Å². The van der Waals surface area contributed by atoms with Crippen LogP contribution >= 0.6 is 0 Å². The highest BCUT2D eigenvalue weighted by Gasteiger charge is 2.20. The Morgan fingerprint density at radius 1 is 0.889 bits per heavy atom. The van der Waals surface area contributed by atoms with Crippen LogP contribution in [-0.4, -0.2) is 23.8 Å². The molecule has 1 unspecified atom stereocenters. The molecule has 0 saturated heterocycles. The Labute approximate surface area is 159 Å². The fourth-order valence-corrected chi connectivity index (χ4v) is 2.42. The minimum atomic E-state index is -0.952. The van der Waals surface area contributed by atoms with E-state index in [0.717, 1.165) is 5.56 Å². The number of hydrogen-bond acceptors (Lipinski definition) is 4. The molecule has 2 rings (SSSR count). The normalized spacial score (nSPS) is 12.2. The number of carbonyl (C=O) groups excluding carboxylic acids is 3. The van der Waals surface area contributed by atoms with Gasteiger partial charge in [0.05, 0.1) is 5.56 Å². The molecule has 2 aromatic rings. The topological polar surface area (TPSA) is 72.5 Å². The standard InChI is InChI=1S/C22H25NO4/c1-14(24)16-8-12-19(13-9-16)23-20(25)15(2)27-21(26)17-6-10-18(11-7-17)22(3,4)5/h6-13,15H,1-5H3,(H,23,25). The van der Waals surface area contributed by atoms with Crippen LogP contribution in [0.4, 0.5) is 5.69 Å². The van der Waals surface area contributed by atoms with E-state index in [1.54, 1.807) is 36.4 Å². The Bertz CT molecular complexity index is 830. The van der Waals surface area contributed by atoms with Crippen LogP contribution in [-0.2, 0) is 14.9 Å². The first-order valence-electron chi connectivity index (χ1n) is 8.81. The van der Waals surface area contributed by atoms with Gasteiger partial charge in [0.15, 0.2) is 11.9 Å². The average Bonchev–Trinajstić information content (AvgIpc) is 2.61. The Balaban J connectivity index is 1.97. The number of Topliss-reactive ketones (excluding diaryl/α,β-unsaturated/α-hetero) is 1. The van der Waals surface area contributed by atoms with Gasteiger partial charge >= 0.3 is 5.97 Å². The number of esters is 1. The summed E-state index contributed by atoms with van der Waals surface area (Å²) in [5, 5.41) is 2.67. The van der Waals surface area contributed by atoms with Crippen molar-refractivity contribution in [2.75, 3.05) is 5.32 Å². The van der Waals surface area contributed by atoms with Gasteiger partial charge in [0.2, 0.25) is 0 Å². The van der Waals surface area contributed by atoms with E-state index < -0.39 is 18.0 Å². The number of ether oxygens (including phenoxy) is 1. The van der Waals surface area contributed by atoms with E-state index in [2.05, 4.69) is 26.1 Å². The molecule has 0 saturated carbocycles. The predicted octanol–water partition coefficient (Wildman–Crippen LogP) is 4.37. The van der Waals surface area contributed by atoms with Crippen molar-refractivity contribution in [2.45, 2.75) is 46.1 Å². The summed E-state index contributed by atoms with van der Waals surface area (Å²) in [6, 6.07) is 13.7. The zero-order valence-electron chi connectivity index (χ0n) is 16.3. The van der Waals surface area contributed by atoms with Crippen LogP contribution in [0.5, 0.6) is 0 Å². The van der Waals surface area contributed by atoms with Crippen molar-refractivity contribution in [2.24, 2.45) is 0 Å². The third kappa shape index (κ3) is 5.51. The van der Waals surface area contributed by atoms with E-state index >= 15 is 0 Å². The van der Waals surface area contributed by atoms with Crippen LogP contribution in [0.3, 0.4) is 0 Å². The van der Waals surface area contributed by atoms with E-state index in [-0.39, 0.29) is 11.2 Å². The Kier molecular flexibility index (Phi) is 6.16. The molecule has 5 heteroatoms. The molecular weight excluding hydrogens is 342 g/mol. The van der Waals surface area contributed by atoms with E-state index in [9.17, 15) is 14.4 Å². The zero-order valence-corrected chi connectivity index (χ0v) is 16.3. The predicted molar refractivity (Wildman–Crippen MR) is 105 cm³/mol. The van der Waals surface area contributed by atoms with Gasteiger partial charge in [-0.2, -0.15) is 0 Å². The molecular formula is C22H25NO4. The molecule has 0 heterocycles. The lowest BCUT2D eigenvalue weighted by Crippen LogP contribution is -2.30. The van der Waals surface area contributed by atoms with Gasteiger partial charge in [0.25, 0.3) is 5.91 Å². The summed E-state index contributed by atoms with van der Waals surface area (Å²) in [5.74, 6) is -1.04. The van der Waals surface area contributed by atoms with Gasteiger partial charge in [-0.3, -0.25) is 9.59 Å². The molecule has 0 bridgehead atoms. The van der Waals surface area contributed by atoms with Crippen LogP contribution in [0.25, 0.3) is 0 Å². The van der Waals surface area contributed by atoms with Crippen molar-refractivity contribution in [1.29, 1.82) is 0 Å². The van der Waals surface area contributed by atoms with Gasteiger partial charge in [0, 0.05) is 11.3 Å². The van der Waals surface area contributed by atoms with Crippen LogP contribution in [0, 0.1) is 0 Å². The van der Waals surface area contributed by atoms with Crippen LogP contribution in [0.15, 0.2) is 48.5 Å². The molecule has 5 nitrogen and oxygen atoms in total. The monoisotopic (exact) mass is 367 g/mol. The fourth-order valence-electron chi connectivity index (χ4n) is 2.42. The van der Waals surface area contributed by atoms with Crippen LogP contribution in [0.2, 0.25) is 0 Å². The van der Waals surface area contributed by atoms with Gasteiger partial charge in [-0.15, -0.1) is 0 Å². The summed E-state index contributed by atoms with van der Waals surface area (Å²) in [6.45, 7) is 9.27. The maximum absolute atomic E-state index is 12.3. The van der Waals surface area contributed by atoms with Crippen LogP contribution in [0.1, 0.15) is 60.9 Å². The number of hydrogen-bond donors (Lipinski definition) is 1. The van der Waals surface area contributed by atoms with Gasteiger partial charge in [-0.1, -0.05) is 32.9 Å². The molecule has 142 valence electrons. The van der Waals surface area contributed by atoms with Gasteiger partial charge in [-0.25, -0.2) is 4.79 Å². The highest BCUT2D eigenvalue weighted by atomic mass is 16.5. The minimum Gasteiger partial charge on any atom is -0.449 e. The number of anilines is 1. The lowest BCUT2D eigenvalue weighted by molar-refractivity contribution is -0.123. The van der Waals surface area contributed by atoms with E-state index in [4.69, 9.17) is 4.74 Å². The molecule has 0 fully saturated rings. The summed E-state index contributed by atoms with van der Waals surface area (Å²) in [5.41, 5.74) is 2.59. The van der Waals surface area contributed by atoms with E-state index in [1.165, 1.54) is 13.8 Å². The number of nitrogens with one attached hydrogen (secondary N) is 1. The third-order valence-electron chi connectivity index (χ3n) is 4.20. The number of amides is 1. The molecule has 2 aromatic carbocycles. The number of ketones is 1. The highest BCUT2D eigenvalue weighted by Crippen LogP contribution is 2.22. The SMILES string of the molecule is CC(=O)c1ccc(NC(=O)C(C)OC(=O)c2ccc(C(C)(C)C)cc2)cc1. The zero-order chi connectivity index (χ0) is 20.2. The number of benzene rings is 2.